The van der Waals surface area contributed by atoms with Crippen molar-refractivity contribution in [1.82, 2.24) is 9.21 Å². The molecular formula is C10H18N2O4S. The molecule has 2 fully saturated rings. The molecule has 0 radical (unpaired) electrons. The summed E-state index contributed by atoms with van der Waals surface area (Å²) in [6.07, 6.45) is 2.42. The van der Waals surface area contributed by atoms with Crippen molar-refractivity contribution in [3.63, 3.8) is 0 Å². The van der Waals surface area contributed by atoms with Crippen molar-refractivity contribution in [1.29, 1.82) is 0 Å². The van der Waals surface area contributed by atoms with E-state index < -0.39 is 21.7 Å². The average Bonchev–Trinajstić information content (AvgIpc) is 2.60. The van der Waals surface area contributed by atoms with Crippen LogP contribution in [0.1, 0.15) is 19.8 Å². The van der Waals surface area contributed by atoms with Gasteiger partial charge in [-0.05, 0) is 19.8 Å². The SMILES string of the molecule is CC1(O)CN(C(=O)C2CCCN2S(C)(=O)=O)C1. The van der Waals surface area contributed by atoms with Crippen LogP contribution in [-0.2, 0) is 14.8 Å². The van der Waals surface area contributed by atoms with E-state index in [-0.39, 0.29) is 5.91 Å². The van der Waals surface area contributed by atoms with E-state index in [0.717, 1.165) is 6.26 Å². The Morgan fingerprint density at radius 1 is 1.41 bits per heavy atom. The first-order chi connectivity index (χ1) is 7.71. The van der Waals surface area contributed by atoms with Gasteiger partial charge in [-0.25, -0.2) is 8.42 Å². The summed E-state index contributed by atoms with van der Waals surface area (Å²) < 4.78 is 24.3. The molecule has 0 saturated carbocycles. The third-order valence-electron chi connectivity index (χ3n) is 3.29. The Bertz CT molecular complexity index is 424. The van der Waals surface area contributed by atoms with E-state index in [9.17, 15) is 18.3 Å². The van der Waals surface area contributed by atoms with Crippen molar-refractivity contribution in [3.8, 4) is 0 Å². The number of hydrogen-bond acceptors (Lipinski definition) is 4. The fourth-order valence-corrected chi connectivity index (χ4v) is 3.65. The Morgan fingerprint density at radius 2 is 2.00 bits per heavy atom. The van der Waals surface area contributed by atoms with Crippen LogP contribution in [0.4, 0.5) is 0 Å². The number of aliphatic hydroxyl groups is 1. The highest BCUT2D eigenvalue weighted by molar-refractivity contribution is 7.88. The zero-order valence-electron chi connectivity index (χ0n) is 10.1. The minimum absolute atomic E-state index is 0.181. The number of nitrogens with zero attached hydrogens (tertiary/aromatic N) is 2. The van der Waals surface area contributed by atoms with E-state index in [4.69, 9.17) is 0 Å². The van der Waals surface area contributed by atoms with Gasteiger partial charge in [0.15, 0.2) is 0 Å². The molecule has 2 aliphatic heterocycles. The molecular weight excluding hydrogens is 244 g/mol. The molecule has 2 saturated heterocycles. The van der Waals surface area contributed by atoms with E-state index in [2.05, 4.69) is 0 Å². The Kier molecular flexibility index (Phi) is 2.95. The van der Waals surface area contributed by atoms with Gasteiger partial charge in [-0.2, -0.15) is 4.31 Å². The number of likely N-dealkylation sites (tertiary alicyclic amines) is 1. The van der Waals surface area contributed by atoms with Crippen molar-refractivity contribution in [3.05, 3.63) is 0 Å². The smallest absolute Gasteiger partial charge is 0.241 e. The first-order valence-electron chi connectivity index (χ1n) is 5.69. The van der Waals surface area contributed by atoms with Gasteiger partial charge in [-0.3, -0.25) is 4.79 Å². The second-order valence-electron chi connectivity index (χ2n) is 5.22. The van der Waals surface area contributed by atoms with Crippen molar-refractivity contribution < 1.29 is 18.3 Å². The van der Waals surface area contributed by atoms with Crippen molar-refractivity contribution in [2.45, 2.75) is 31.4 Å². The molecule has 2 aliphatic rings. The summed E-state index contributed by atoms with van der Waals surface area (Å²) in [5, 5.41) is 9.58. The minimum Gasteiger partial charge on any atom is -0.386 e. The first-order valence-corrected chi connectivity index (χ1v) is 7.53. The third kappa shape index (κ3) is 2.46. The van der Waals surface area contributed by atoms with Gasteiger partial charge in [0.1, 0.15) is 6.04 Å². The summed E-state index contributed by atoms with van der Waals surface area (Å²) in [7, 11) is -3.32. The maximum absolute atomic E-state index is 12.1. The van der Waals surface area contributed by atoms with Crippen LogP contribution < -0.4 is 0 Å². The highest BCUT2D eigenvalue weighted by atomic mass is 32.2. The second-order valence-corrected chi connectivity index (χ2v) is 7.16. The topological polar surface area (TPSA) is 77.9 Å². The molecule has 1 atom stereocenters. The first kappa shape index (κ1) is 12.8. The van der Waals surface area contributed by atoms with Gasteiger partial charge in [-0.1, -0.05) is 0 Å². The molecule has 1 amide bonds. The van der Waals surface area contributed by atoms with Crippen molar-refractivity contribution >= 4 is 15.9 Å². The van der Waals surface area contributed by atoms with Crippen LogP contribution in [0.25, 0.3) is 0 Å². The van der Waals surface area contributed by atoms with E-state index in [1.165, 1.54) is 9.21 Å². The Hall–Kier alpha value is -0.660. The molecule has 17 heavy (non-hydrogen) atoms. The summed E-state index contributed by atoms with van der Waals surface area (Å²) in [5.74, 6) is -0.181. The van der Waals surface area contributed by atoms with Crippen LogP contribution >= 0.6 is 0 Å². The number of amides is 1. The number of hydrogen-bond donors (Lipinski definition) is 1. The number of β-amino-alcohol motifs (C(OH)–C–C–N with tert-alkyl or cyclic N) is 1. The molecule has 98 valence electrons. The molecule has 1 N–H and O–H groups in total. The summed E-state index contributed by atoms with van der Waals surface area (Å²) in [6.45, 7) is 2.67. The molecule has 0 aromatic rings. The molecule has 0 aliphatic carbocycles. The van der Waals surface area contributed by atoms with Crippen LogP contribution in [0, 0.1) is 0 Å². The van der Waals surface area contributed by atoms with Gasteiger partial charge < -0.3 is 10.0 Å². The normalized spacial score (nSPS) is 29.1. The molecule has 7 heteroatoms. The van der Waals surface area contributed by atoms with Gasteiger partial charge in [0.2, 0.25) is 15.9 Å². The lowest BCUT2D eigenvalue weighted by Gasteiger charge is -2.45. The molecule has 1 unspecified atom stereocenters. The number of carbonyl (C=O) groups is 1. The van der Waals surface area contributed by atoms with Gasteiger partial charge in [0, 0.05) is 6.54 Å². The van der Waals surface area contributed by atoms with Crippen LogP contribution in [0.5, 0.6) is 0 Å². The summed E-state index contributed by atoms with van der Waals surface area (Å²) in [4.78, 5) is 13.6. The lowest BCUT2D eigenvalue weighted by atomic mass is 9.96. The Balaban J connectivity index is 2.05. The summed E-state index contributed by atoms with van der Waals surface area (Å²) in [6, 6.07) is -0.568. The predicted molar refractivity (Wildman–Crippen MR) is 61.8 cm³/mol. The van der Waals surface area contributed by atoms with E-state index in [1.807, 2.05) is 0 Å². The van der Waals surface area contributed by atoms with Gasteiger partial charge in [0.05, 0.1) is 24.9 Å². The maximum Gasteiger partial charge on any atom is 0.241 e. The zero-order valence-corrected chi connectivity index (χ0v) is 10.9. The lowest BCUT2D eigenvalue weighted by Crippen LogP contribution is -2.64. The highest BCUT2D eigenvalue weighted by Crippen LogP contribution is 2.27. The van der Waals surface area contributed by atoms with E-state index >= 15 is 0 Å². The van der Waals surface area contributed by atoms with Gasteiger partial charge in [0.25, 0.3) is 0 Å². The molecule has 2 heterocycles. The van der Waals surface area contributed by atoms with Crippen LogP contribution in [0.2, 0.25) is 0 Å². The molecule has 2 rings (SSSR count). The lowest BCUT2D eigenvalue weighted by molar-refractivity contribution is -0.155. The van der Waals surface area contributed by atoms with E-state index in [0.29, 0.717) is 32.5 Å². The maximum atomic E-state index is 12.1. The predicted octanol–water partition coefficient (Wildman–Crippen LogP) is -0.996. The van der Waals surface area contributed by atoms with E-state index in [1.54, 1.807) is 6.92 Å². The van der Waals surface area contributed by atoms with Crippen LogP contribution in [-0.4, -0.2) is 66.2 Å². The zero-order chi connectivity index (χ0) is 12.8. The third-order valence-corrected chi connectivity index (χ3v) is 4.58. The number of rotatable bonds is 2. The molecule has 0 bridgehead atoms. The van der Waals surface area contributed by atoms with Crippen molar-refractivity contribution in [2.75, 3.05) is 25.9 Å². The quantitative estimate of drug-likeness (QED) is 0.692. The van der Waals surface area contributed by atoms with Gasteiger partial charge in [-0.15, -0.1) is 0 Å². The largest absolute Gasteiger partial charge is 0.386 e. The van der Waals surface area contributed by atoms with Gasteiger partial charge >= 0.3 is 0 Å². The molecule has 0 aromatic carbocycles. The molecule has 0 spiro atoms. The standard InChI is InChI=1S/C10H18N2O4S/c1-10(14)6-11(7-10)9(13)8-4-3-5-12(8)17(2,15)16/h8,14H,3-7H2,1-2H3. The van der Waals surface area contributed by atoms with Crippen LogP contribution in [0.3, 0.4) is 0 Å². The van der Waals surface area contributed by atoms with Crippen LogP contribution in [0.15, 0.2) is 0 Å². The number of sulfonamides is 1. The number of carbonyl (C=O) groups excluding carboxylic acids is 1. The summed E-state index contributed by atoms with van der Waals surface area (Å²) in [5.41, 5.74) is -0.815. The summed E-state index contributed by atoms with van der Waals surface area (Å²) >= 11 is 0. The molecule has 6 nitrogen and oxygen atoms in total. The fraction of sp³-hybridized carbons (Fsp3) is 0.900. The minimum atomic E-state index is -3.32. The highest BCUT2D eigenvalue weighted by Gasteiger charge is 2.45. The molecule has 0 aromatic heterocycles. The Morgan fingerprint density at radius 3 is 2.47 bits per heavy atom. The monoisotopic (exact) mass is 262 g/mol. The Labute approximate surface area is 101 Å². The second kappa shape index (κ2) is 3.93. The van der Waals surface area contributed by atoms with Crippen molar-refractivity contribution in [2.24, 2.45) is 0 Å². The fourth-order valence-electron chi connectivity index (χ4n) is 2.53. The average molecular weight is 262 g/mol.